The van der Waals surface area contributed by atoms with Gasteiger partial charge in [-0.2, -0.15) is 5.10 Å². The van der Waals surface area contributed by atoms with E-state index in [1.807, 2.05) is 22.9 Å². The maximum atomic E-state index is 4.84. The Kier molecular flexibility index (Phi) is 4.71. The lowest BCUT2D eigenvalue weighted by molar-refractivity contribution is 0.296. The van der Waals surface area contributed by atoms with Crippen molar-refractivity contribution in [2.45, 2.75) is 20.4 Å². The van der Waals surface area contributed by atoms with Crippen molar-refractivity contribution in [1.29, 1.82) is 0 Å². The molecule has 3 nitrogen and oxygen atoms in total. The molecule has 0 N–H and O–H groups in total. The van der Waals surface area contributed by atoms with Crippen molar-refractivity contribution in [3.8, 4) is 16.3 Å². The molecular weight excluding hydrogens is 290 g/mol. The molecule has 0 aliphatic rings. The van der Waals surface area contributed by atoms with Crippen LogP contribution in [0.2, 0.25) is 0 Å². The fraction of sp³-hybridized carbons (Fsp3) is 0.278. The zero-order chi connectivity index (χ0) is 15.4. The molecular formula is C18H21N3S. The molecule has 0 aliphatic heterocycles. The molecule has 2 aromatic heterocycles. The summed E-state index contributed by atoms with van der Waals surface area (Å²) in [7, 11) is 0. The summed E-state index contributed by atoms with van der Waals surface area (Å²) in [6.07, 6.45) is 2.17. The number of para-hydroxylation sites is 1. The van der Waals surface area contributed by atoms with Crippen molar-refractivity contribution in [2.24, 2.45) is 0 Å². The molecule has 0 radical (unpaired) electrons. The van der Waals surface area contributed by atoms with E-state index in [1.54, 1.807) is 11.3 Å². The quantitative estimate of drug-likeness (QED) is 0.671. The summed E-state index contributed by atoms with van der Waals surface area (Å²) in [5, 5.41) is 6.95. The van der Waals surface area contributed by atoms with E-state index in [2.05, 4.69) is 54.6 Å². The van der Waals surface area contributed by atoms with E-state index < -0.39 is 0 Å². The van der Waals surface area contributed by atoms with Crippen LogP contribution >= 0.6 is 11.3 Å². The van der Waals surface area contributed by atoms with E-state index in [4.69, 9.17) is 5.10 Å². The molecule has 114 valence electrons. The van der Waals surface area contributed by atoms with Gasteiger partial charge in [-0.15, -0.1) is 11.3 Å². The molecule has 0 spiro atoms. The van der Waals surface area contributed by atoms with E-state index >= 15 is 0 Å². The Morgan fingerprint density at radius 1 is 1.05 bits per heavy atom. The van der Waals surface area contributed by atoms with E-state index in [0.29, 0.717) is 0 Å². The molecule has 0 aliphatic carbocycles. The van der Waals surface area contributed by atoms with Crippen LogP contribution < -0.4 is 0 Å². The summed E-state index contributed by atoms with van der Waals surface area (Å²) >= 11 is 1.75. The Morgan fingerprint density at radius 2 is 1.82 bits per heavy atom. The normalized spacial score (nSPS) is 11.2. The molecule has 0 fully saturated rings. The minimum absolute atomic E-state index is 0.938. The molecule has 0 saturated heterocycles. The van der Waals surface area contributed by atoms with Crippen molar-refractivity contribution in [1.82, 2.24) is 14.7 Å². The fourth-order valence-corrected chi connectivity index (χ4v) is 3.29. The first-order chi connectivity index (χ1) is 10.8. The van der Waals surface area contributed by atoms with Gasteiger partial charge in [-0.25, -0.2) is 4.68 Å². The molecule has 0 amide bonds. The summed E-state index contributed by atoms with van der Waals surface area (Å²) in [5.74, 6) is 0. The van der Waals surface area contributed by atoms with Gasteiger partial charge in [-0.1, -0.05) is 38.1 Å². The monoisotopic (exact) mass is 311 g/mol. The predicted molar refractivity (Wildman–Crippen MR) is 93.5 cm³/mol. The van der Waals surface area contributed by atoms with Gasteiger partial charge in [-0.05, 0) is 36.7 Å². The van der Waals surface area contributed by atoms with E-state index in [9.17, 15) is 0 Å². The van der Waals surface area contributed by atoms with Crippen LogP contribution in [0.3, 0.4) is 0 Å². The number of thiophene rings is 1. The number of aromatic nitrogens is 2. The Hall–Kier alpha value is -1.91. The third kappa shape index (κ3) is 3.13. The molecule has 4 heteroatoms. The van der Waals surface area contributed by atoms with E-state index in [0.717, 1.165) is 31.0 Å². The van der Waals surface area contributed by atoms with Gasteiger partial charge in [0, 0.05) is 18.3 Å². The minimum Gasteiger partial charge on any atom is -0.299 e. The van der Waals surface area contributed by atoms with Crippen LogP contribution in [0, 0.1) is 0 Å². The standard InChI is InChI=1S/C18H21N3S/c1-3-20(4-2)13-15-14-21(16-9-6-5-7-10-16)19-18(15)17-11-8-12-22-17/h5-12,14H,3-4,13H2,1-2H3. The van der Waals surface area contributed by atoms with Crippen LogP contribution in [0.25, 0.3) is 16.3 Å². The Balaban J connectivity index is 2.01. The number of hydrogen-bond donors (Lipinski definition) is 0. The first-order valence-corrected chi connectivity index (χ1v) is 8.60. The van der Waals surface area contributed by atoms with Crippen molar-refractivity contribution in [3.05, 3.63) is 59.6 Å². The molecule has 0 saturated carbocycles. The third-order valence-electron chi connectivity index (χ3n) is 3.85. The fourth-order valence-electron chi connectivity index (χ4n) is 2.55. The summed E-state index contributed by atoms with van der Waals surface area (Å²) in [5.41, 5.74) is 3.49. The zero-order valence-corrected chi connectivity index (χ0v) is 13.9. The van der Waals surface area contributed by atoms with Crippen LogP contribution in [-0.2, 0) is 6.54 Å². The SMILES string of the molecule is CCN(CC)Cc1cn(-c2ccccc2)nc1-c1cccs1. The van der Waals surface area contributed by atoms with Crippen LogP contribution in [-0.4, -0.2) is 27.8 Å². The highest BCUT2D eigenvalue weighted by molar-refractivity contribution is 7.13. The van der Waals surface area contributed by atoms with Gasteiger partial charge < -0.3 is 0 Å². The first kappa shape index (κ1) is 15.0. The number of benzene rings is 1. The Labute approximate surface area is 135 Å². The van der Waals surface area contributed by atoms with Crippen LogP contribution in [0.15, 0.2) is 54.0 Å². The number of hydrogen-bond acceptors (Lipinski definition) is 3. The molecule has 3 aromatic rings. The first-order valence-electron chi connectivity index (χ1n) is 7.72. The summed E-state index contributed by atoms with van der Waals surface area (Å²) in [6, 6.07) is 14.5. The van der Waals surface area contributed by atoms with Gasteiger partial charge in [-0.3, -0.25) is 4.90 Å². The largest absolute Gasteiger partial charge is 0.299 e. The van der Waals surface area contributed by atoms with Gasteiger partial charge >= 0.3 is 0 Å². The van der Waals surface area contributed by atoms with Gasteiger partial charge in [0.05, 0.1) is 10.6 Å². The lowest BCUT2D eigenvalue weighted by Gasteiger charge is -2.17. The predicted octanol–water partition coefficient (Wildman–Crippen LogP) is 4.44. The molecule has 0 atom stereocenters. The third-order valence-corrected chi connectivity index (χ3v) is 4.73. The van der Waals surface area contributed by atoms with Gasteiger partial charge in [0.25, 0.3) is 0 Å². The molecule has 2 heterocycles. The molecule has 3 rings (SSSR count). The number of nitrogens with zero attached hydrogens (tertiary/aromatic N) is 3. The summed E-state index contributed by atoms with van der Waals surface area (Å²) < 4.78 is 1.99. The van der Waals surface area contributed by atoms with Gasteiger partial charge in [0.15, 0.2) is 0 Å². The average molecular weight is 311 g/mol. The highest BCUT2D eigenvalue weighted by Gasteiger charge is 2.15. The molecule has 1 aromatic carbocycles. The smallest absolute Gasteiger partial charge is 0.107 e. The maximum absolute atomic E-state index is 4.84. The Morgan fingerprint density at radius 3 is 2.45 bits per heavy atom. The second kappa shape index (κ2) is 6.90. The average Bonchev–Trinajstić information content (AvgIpc) is 3.22. The highest BCUT2D eigenvalue weighted by atomic mass is 32.1. The lowest BCUT2D eigenvalue weighted by atomic mass is 10.2. The van der Waals surface area contributed by atoms with Crippen LogP contribution in [0.1, 0.15) is 19.4 Å². The van der Waals surface area contributed by atoms with Crippen molar-refractivity contribution in [3.63, 3.8) is 0 Å². The van der Waals surface area contributed by atoms with E-state index in [1.165, 1.54) is 10.4 Å². The van der Waals surface area contributed by atoms with E-state index in [-0.39, 0.29) is 0 Å². The molecule has 0 bridgehead atoms. The summed E-state index contributed by atoms with van der Waals surface area (Å²) in [6.45, 7) is 7.45. The topological polar surface area (TPSA) is 21.1 Å². The second-order valence-corrected chi connectivity index (χ2v) is 6.17. The van der Waals surface area contributed by atoms with Gasteiger partial charge in [0.1, 0.15) is 5.69 Å². The number of rotatable bonds is 6. The maximum Gasteiger partial charge on any atom is 0.107 e. The van der Waals surface area contributed by atoms with Gasteiger partial charge in [0.2, 0.25) is 0 Å². The zero-order valence-electron chi connectivity index (χ0n) is 13.1. The van der Waals surface area contributed by atoms with Crippen LogP contribution in [0.5, 0.6) is 0 Å². The van der Waals surface area contributed by atoms with Crippen molar-refractivity contribution < 1.29 is 0 Å². The van der Waals surface area contributed by atoms with Crippen LogP contribution in [0.4, 0.5) is 0 Å². The lowest BCUT2D eigenvalue weighted by Crippen LogP contribution is -2.22. The second-order valence-electron chi connectivity index (χ2n) is 5.22. The molecule has 0 unspecified atom stereocenters. The highest BCUT2D eigenvalue weighted by Crippen LogP contribution is 2.28. The molecule has 22 heavy (non-hydrogen) atoms. The van der Waals surface area contributed by atoms with Crippen molar-refractivity contribution >= 4 is 11.3 Å². The Bertz CT molecular complexity index is 697. The van der Waals surface area contributed by atoms with Crippen molar-refractivity contribution in [2.75, 3.05) is 13.1 Å². The summed E-state index contributed by atoms with van der Waals surface area (Å²) in [4.78, 5) is 3.65. The minimum atomic E-state index is 0.938.